The third-order valence-electron chi connectivity index (χ3n) is 4.03. The Morgan fingerprint density at radius 1 is 1.12 bits per heavy atom. The summed E-state index contributed by atoms with van der Waals surface area (Å²) in [6.07, 6.45) is 5.39. The third-order valence-corrected chi connectivity index (χ3v) is 4.03. The highest BCUT2D eigenvalue weighted by Gasteiger charge is 2.19. The van der Waals surface area contributed by atoms with Crippen LogP contribution < -0.4 is 15.7 Å². The number of carbonyl (C=O) groups excluding carboxylic acids is 1. The Kier molecular flexibility index (Phi) is 6.83. The molecule has 0 radical (unpaired) electrons. The SMILES string of the molecule is O=C(O)CN(CC(=O)NC1CCCCC1)c1ccc(NOO)cc1. The molecule has 1 aromatic rings. The van der Waals surface area contributed by atoms with Gasteiger partial charge in [-0.3, -0.25) is 9.59 Å². The van der Waals surface area contributed by atoms with Gasteiger partial charge in [-0.2, -0.15) is 0 Å². The van der Waals surface area contributed by atoms with Crippen LogP contribution in [0, 0.1) is 0 Å². The maximum absolute atomic E-state index is 12.2. The quantitative estimate of drug-likeness (QED) is 0.423. The lowest BCUT2D eigenvalue weighted by Gasteiger charge is -2.26. The molecular weight excluding hydrogens is 314 g/mol. The summed E-state index contributed by atoms with van der Waals surface area (Å²) in [5.41, 5.74) is 3.35. The number of aliphatic carboxylic acids is 1. The summed E-state index contributed by atoms with van der Waals surface area (Å²) in [6, 6.07) is 6.71. The van der Waals surface area contributed by atoms with E-state index in [1.807, 2.05) is 0 Å². The molecule has 0 aliphatic heterocycles. The summed E-state index contributed by atoms with van der Waals surface area (Å²) in [5, 5.41) is 20.4. The number of hydrogen-bond donors (Lipinski definition) is 4. The van der Waals surface area contributed by atoms with Gasteiger partial charge in [0.15, 0.2) is 0 Å². The summed E-state index contributed by atoms with van der Waals surface area (Å²) in [7, 11) is 0. The van der Waals surface area contributed by atoms with Gasteiger partial charge in [0.1, 0.15) is 6.54 Å². The Bertz CT molecular complexity index is 543. The maximum Gasteiger partial charge on any atom is 0.323 e. The molecule has 1 aromatic carbocycles. The lowest BCUT2D eigenvalue weighted by Crippen LogP contribution is -2.44. The molecule has 0 bridgehead atoms. The molecule has 4 N–H and O–H groups in total. The van der Waals surface area contributed by atoms with Crippen LogP contribution in [0.5, 0.6) is 0 Å². The van der Waals surface area contributed by atoms with Crippen molar-refractivity contribution in [3.05, 3.63) is 24.3 Å². The molecule has 0 heterocycles. The fraction of sp³-hybridized carbons (Fsp3) is 0.500. The highest BCUT2D eigenvalue weighted by atomic mass is 17.2. The van der Waals surface area contributed by atoms with Gasteiger partial charge < -0.3 is 15.3 Å². The van der Waals surface area contributed by atoms with Crippen molar-refractivity contribution in [3.8, 4) is 0 Å². The topological polar surface area (TPSA) is 111 Å². The number of nitrogens with zero attached hydrogens (tertiary/aromatic N) is 1. The van der Waals surface area contributed by atoms with Gasteiger partial charge in [0, 0.05) is 11.7 Å². The van der Waals surface area contributed by atoms with Crippen LogP contribution in [-0.2, 0) is 14.6 Å². The second-order valence-electron chi connectivity index (χ2n) is 5.89. The van der Waals surface area contributed by atoms with E-state index in [1.54, 1.807) is 24.3 Å². The smallest absolute Gasteiger partial charge is 0.323 e. The highest BCUT2D eigenvalue weighted by molar-refractivity contribution is 5.84. The zero-order valence-electron chi connectivity index (χ0n) is 13.4. The largest absolute Gasteiger partial charge is 0.480 e. The van der Waals surface area contributed by atoms with Gasteiger partial charge in [-0.1, -0.05) is 19.3 Å². The molecule has 0 aromatic heterocycles. The van der Waals surface area contributed by atoms with Crippen LogP contribution in [0.15, 0.2) is 24.3 Å². The van der Waals surface area contributed by atoms with Crippen molar-refractivity contribution < 1.29 is 24.9 Å². The van der Waals surface area contributed by atoms with Gasteiger partial charge in [0.05, 0.1) is 12.2 Å². The number of carbonyl (C=O) groups is 2. The minimum absolute atomic E-state index is 0.0218. The van der Waals surface area contributed by atoms with Crippen LogP contribution in [0.3, 0.4) is 0 Å². The average Bonchev–Trinajstić information content (AvgIpc) is 2.56. The molecule has 1 saturated carbocycles. The molecule has 132 valence electrons. The highest BCUT2D eigenvalue weighted by Crippen LogP contribution is 2.19. The van der Waals surface area contributed by atoms with Crippen molar-refractivity contribution in [1.82, 2.24) is 5.32 Å². The number of rotatable bonds is 8. The van der Waals surface area contributed by atoms with E-state index in [0.29, 0.717) is 11.4 Å². The fourth-order valence-electron chi connectivity index (χ4n) is 2.89. The first-order valence-electron chi connectivity index (χ1n) is 8.01. The number of anilines is 2. The molecule has 1 aliphatic rings. The molecule has 1 fully saturated rings. The van der Waals surface area contributed by atoms with E-state index in [4.69, 9.17) is 10.4 Å². The standard InChI is InChI=1S/C16H23N3O5/c20-15(17-12-4-2-1-3-5-12)10-19(11-16(21)22)14-8-6-13(7-9-14)18-24-23/h6-9,12,18,23H,1-5,10-11H2,(H,17,20)(H,21,22). The number of carboxylic acid groups (broad SMARTS) is 1. The number of amides is 1. The summed E-state index contributed by atoms with van der Waals surface area (Å²) >= 11 is 0. The second-order valence-corrected chi connectivity index (χ2v) is 5.89. The van der Waals surface area contributed by atoms with E-state index in [0.717, 1.165) is 25.7 Å². The summed E-state index contributed by atoms with van der Waals surface area (Å²) < 4.78 is 0. The Hall–Kier alpha value is -2.32. The predicted molar refractivity (Wildman–Crippen MR) is 88.6 cm³/mol. The average molecular weight is 337 g/mol. The molecular formula is C16H23N3O5. The van der Waals surface area contributed by atoms with E-state index in [1.165, 1.54) is 11.3 Å². The molecule has 0 atom stereocenters. The summed E-state index contributed by atoms with van der Waals surface area (Å²) in [6.45, 7) is -0.298. The minimum atomic E-state index is -1.01. The number of hydrogen-bond acceptors (Lipinski definition) is 6. The number of carboxylic acids is 1. The number of benzene rings is 1. The van der Waals surface area contributed by atoms with Crippen molar-refractivity contribution >= 4 is 23.3 Å². The lowest BCUT2D eigenvalue weighted by atomic mass is 9.95. The Balaban J connectivity index is 1.98. The van der Waals surface area contributed by atoms with Gasteiger partial charge in [-0.05, 0) is 37.1 Å². The monoisotopic (exact) mass is 337 g/mol. The fourth-order valence-corrected chi connectivity index (χ4v) is 2.89. The molecule has 24 heavy (non-hydrogen) atoms. The van der Waals surface area contributed by atoms with Crippen molar-refractivity contribution in [2.75, 3.05) is 23.5 Å². The van der Waals surface area contributed by atoms with Crippen molar-refractivity contribution in [2.24, 2.45) is 0 Å². The summed E-state index contributed by atoms with van der Waals surface area (Å²) in [5.74, 6) is -1.19. The molecule has 1 aliphatic carbocycles. The van der Waals surface area contributed by atoms with E-state index >= 15 is 0 Å². The predicted octanol–water partition coefficient (Wildman–Crippen LogP) is 1.84. The molecule has 1 amide bonds. The minimum Gasteiger partial charge on any atom is -0.480 e. The normalized spacial score (nSPS) is 14.9. The van der Waals surface area contributed by atoms with E-state index in [2.05, 4.69) is 15.8 Å². The zero-order chi connectivity index (χ0) is 17.4. The molecule has 0 spiro atoms. The van der Waals surface area contributed by atoms with E-state index in [-0.39, 0.29) is 25.0 Å². The molecule has 8 heteroatoms. The van der Waals surface area contributed by atoms with Gasteiger partial charge in [0.25, 0.3) is 0 Å². The van der Waals surface area contributed by atoms with E-state index < -0.39 is 5.97 Å². The van der Waals surface area contributed by atoms with Crippen molar-refractivity contribution in [2.45, 2.75) is 38.1 Å². The molecule has 2 rings (SSSR count). The van der Waals surface area contributed by atoms with Gasteiger partial charge in [0.2, 0.25) is 5.91 Å². The van der Waals surface area contributed by atoms with Crippen LogP contribution in [0.25, 0.3) is 0 Å². The van der Waals surface area contributed by atoms with Crippen LogP contribution >= 0.6 is 0 Å². The first kappa shape index (κ1) is 18.0. The van der Waals surface area contributed by atoms with Gasteiger partial charge in [-0.15, -0.1) is 4.99 Å². The third kappa shape index (κ3) is 5.71. The second kappa shape index (κ2) is 9.09. The summed E-state index contributed by atoms with van der Waals surface area (Å²) in [4.78, 5) is 28.6. The Morgan fingerprint density at radius 2 is 1.79 bits per heavy atom. The van der Waals surface area contributed by atoms with Gasteiger partial charge in [-0.25, -0.2) is 10.7 Å². The maximum atomic E-state index is 12.2. The van der Waals surface area contributed by atoms with Crippen LogP contribution in [0.2, 0.25) is 0 Å². The molecule has 8 nitrogen and oxygen atoms in total. The lowest BCUT2D eigenvalue weighted by molar-refractivity contribution is -0.215. The first-order chi connectivity index (χ1) is 11.6. The Morgan fingerprint density at radius 3 is 2.38 bits per heavy atom. The van der Waals surface area contributed by atoms with Crippen molar-refractivity contribution in [3.63, 3.8) is 0 Å². The Labute approximate surface area is 140 Å². The van der Waals surface area contributed by atoms with Gasteiger partial charge >= 0.3 is 5.97 Å². The van der Waals surface area contributed by atoms with Crippen LogP contribution in [0.4, 0.5) is 11.4 Å². The van der Waals surface area contributed by atoms with Crippen LogP contribution in [0.1, 0.15) is 32.1 Å². The van der Waals surface area contributed by atoms with Crippen LogP contribution in [-0.4, -0.2) is 41.4 Å². The molecule has 0 unspecified atom stereocenters. The zero-order valence-corrected chi connectivity index (χ0v) is 13.4. The first-order valence-corrected chi connectivity index (χ1v) is 8.01. The van der Waals surface area contributed by atoms with E-state index in [9.17, 15) is 9.59 Å². The van der Waals surface area contributed by atoms with Crippen molar-refractivity contribution in [1.29, 1.82) is 0 Å². The molecule has 0 saturated heterocycles. The number of nitrogens with one attached hydrogen (secondary N) is 2.